The van der Waals surface area contributed by atoms with Gasteiger partial charge in [0.15, 0.2) is 0 Å². The van der Waals surface area contributed by atoms with Crippen molar-refractivity contribution in [2.75, 3.05) is 11.9 Å². The molecule has 0 aliphatic heterocycles. The highest BCUT2D eigenvalue weighted by Gasteiger charge is 2.10. The van der Waals surface area contributed by atoms with Crippen molar-refractivity contribution in [3.63, 3.8) is 0 Å². The summed E-state index contributed by atoms with van der Waals surface area (Å²) in [6, 6.07) is 10.0. The lowest BCUT2D eigenvalue weighted by Gasteiger charge is -2.10. The van der Waals surface area contributed by atoms with E-state index in [0.29, 0.717) is 18.9 Å². The van der Waals surface area contributed by atoms with Gasteiger partial charge in [-0.05, 0) is 19.4 Å². The summed E-state index contributed by atoms with van der Waals surface area (Å²) in [4.78, 5) is 22.8. The Morgan fingerprint density at radius 1 is 1.22 bits per heavy atom. The van der Waals surface area contributed by atoms with E-state index in [1.54, 1.807) is 4.68 Å². The van der Waals surface area contributed by atoms with Crippen molar-refractivity contribution in [1.82, 2.24) is 15.1 Å². The molecule has 0 radical (unpaired) electrons. The third kappa shape index (κ3) is 5.25. The van der Waals surface area contributed by atoms with Crippen LogP contribution in [0.1, 0.15) is 30.2 Å². The molecule has 6 heteroatoms. The van der Waals surface area contributed by atoms with E-state index in [2.05, 4.69) is 21.8 Å². The maximum absolute atomic E-state index is 12.0. The molecule has 0 saturated carbocycles. The fourth-order valence-electron chi connectivity index (χ4n) is 2.31. The lowest BCUT2D eigenvalue weighted by Crippen LogP contribution is -2.26. The molecule has 0 bridgehead atoms. The van der Waals surface area contributed by atoms with Crippen molar-refractivity contribution in [1.29, 1.82) is 0 Å². The van der Waals surface area contributed by atoms with E-state index in [4.69, 9.17) is 0 Å². The number of rotatable bonds is 6. The lowest BCUT2D eigenvalue weighted by atomic mass is 10.1. The van der Waals surface area contributed by atoms with Gasteiger partial charge in [-0.1, -0.05) is 29.8 Å². The van der Waals surface area contributed by atoms with Crippen LogP contribution in [0.15, 0.2) is 30.3 Å². The minimum absolute atomic E-state index is 0.141. The lowest BCUT2D eigenvalue weighted by molar-refractivity contribution is -0.119. The first-order valence-corrected chi connectivity index (χ1v) is 7.58. The number of benzene rings is 1. The summed E-state index contributed by atoms with van der Waals surface area (Å²) in [6.07, 6.45) is 0.230. The molecule has 0 spiro atoms. The summed E-state index contributed by atoms with van der Waals surface area (Å²) in [5.41, 5.74) is 3.16. The highest BCUT2D eigenvalue weighted by molar-refractivity contribution is 5.90. The van der Waals surface area contributed by atoms with E-state index in [1.807, 2.05) is 38.1 Å². The van der Waals surface area contributed by atoms with Crippen molar-refractivity contribution < 1.29 is 9.59 Å². The van der Waals surface area contributed by atoms with Gasteiger partial charge in [0.1, 0.15) is 5.82 Å². The maximum atomic E-state index is 12.0. The number of carbonyl (C=O) groups is 2. The Balaban J connectivity index is 2.02. The maximum Gasteiger partial charge on any atom is 0.227 e. The van der Waals surface area contributed by atoms with Crippen LogP contribution in [0.2, 0.25) is 0 Å². The summed E-state index contributed by atoms with van der Waals surface area (Å²) >= 11 is 0. The Kier molecular flexibility index (Phi) is 5.51. The largest absolute Gasteiger partial charge is 0.356 e. The van der Waals surface area contributed by atoms with Crippen molar-refractivity contribution in [2.24, 2.45) is 0 Å². The summed E-state index contributed by atoms with van der Waals surface area (Å²) < 4.78 is 1.78. The fourth-order valence-corrected chi connectivity index (χ4v) is 2.31. The summed E-state index contributed by atoms with van der Waals surface area (Å²) in [7, 11) is 0. The Hall–Kier alpha value is -2.63. The molecule has 1 aromatic heterocycles. The molecule has 0 saturated heterocycles. The number of nitrogens with one attached hydrogen (secondary N) is 2. The highest BCUT2D eigenvalue weighted by Crippen LogP contribution is 2.14. The molecule has 0 atom stereocenters. The zero-order valence-corrected chi connectivity index (χ0v) is 13.7. The van der Waals surface area contributed by atoms with Crippen LogP contribution in [-0.4, -0.2) is 28.1 Å². The summed E-state index contributed by atoms with van der Waals surface area (Å²) in [5, 5.41) is 9.89. The van der Waals surface area contributed by atoms with Crippen LogP contribution < -0.4 is 10.6 Å². The molecule has 6 nitrogen and oxygen atoms in total. The van der Waals surface area contributed by atoms with Crippen LogP contribution in [0.4, 0.5) is 5.82 Å². The third-order valence-electron chi connectivity index (χ3n) is 3.31. The molecule has 1 aromatic carbocycles. The summed E-state index contributed by atoms with van der Waals surface area (Å²) in [6.45, 7) is 6.28. The molecule has 122 valence electrons. The van der Waals surface area contributed by atoms with Gasteiger partial charge in [-0.2, -0.15) is 5.10 Å². The number of amides is 2. The van der Waals surface area contributed by atoms with Crippen LogP contribution in [0.3, 0.4) is 0 Å². The van der Waals surface area contributed by atoms with Crippen molar-refractivity contribution in [2.45, 2.75) is 33.7 Å². The van der Waals surface area contributed by atoms with Gasteiger partial charge in [-0.15, -0.1) is 0 Å². The number of aromatic nitrogens is 2. The Morgan fingerprint density at radius 3 is 2.70 bits per heavy atom. The van der Waals surface area contributed by atoms with E-state index < -0.39 is 0 Å². The zero-order valence-electron chi connectivity index (χ0n) is 13.7. The second-order valence-corrected chi connectivity index (χ2v) is 5.60. The molecule has 2 N–H and O–H groups in total. The average Bonchev–Trinajstić information content (AvgIpc) is 2.78. The van der Waals surface area contributed by atoms with E-state index in [1.165, 1.54) is 12.5 Å². The SMILES string of the molecule is CC(=O)NCCC(=O)Nc1cc(C)nn1Cc1cccc(C)c1. The van der Waals surface area contributed by atoms with Gasteiger partial charge in [0.25, 0.3) is 0 Å². The van der Waals surface area contributed by atoms with Crippen LogP contribution in [-0.2, 0) is 16.1 Å². The van der Waals surface area contributed by atoms with E-state index in [9.17, 15) is 9.59 Å². The predicted octanol–water partition coefficient (Wildman–Crippen LogP) is 2.01. The molecule has 0 aliphatic rings. The number of hydrogen-bond donors (Lipinski definition) is 2. The van der Waals surface area contributed by atoms with Gasteiger partial charge in [-0.25, -0.2) is 4.68 Å². The molecule has 0 aliphatic carbocycles. The second-order valence-electron chi connectivity index (χ2n) is 5.60. The first-order chi connectivity index (χ1) is 10.9. The van der Waals surface area contributed by atoms with Gasteiger partial charge in [0, 0.05) is 26.0 Å². The molecule has 2 rings (SSSR count). The van der Waals surface area contributed by atoms with Crippen LogP contribution >= 0.6 is 0 Å². The number of aryl methyl sites for hydroxylation is 2. The standard InChI is InChI=1S/C17H22N4O2/c1-12-5-4-6-15(9-12)11-21-16(10-13(2)20-21)19-17(23)7-8-18-14(3)22/h4-6,9-10H,7-8,11H2,1-3H3,(H,18,22)(H,19,23). The highest BCUT2D eigenvalue weighted by atomic mass is 16.2. The summed E-state index contributed by atoms with van der Waals surface area (Å²) in [5.74, 6) is 0.374. The van der Waals surface area contributed by atoms with Crippen LogP contribution in [0.25, 0.3) is 0 Å². The van der Waals surface area contributed by atoms with Crippen LogP contribution in [0, 0.1) is 13.8 Å². The van der Waals surface area contributed by atoms with Crippen molar-refractivity contribution in [3.05, 3.63) is 47.2 Å². The predicted molar refractivity (Wildman–Crippen MR) is 89.2 cm³/mol. The van der Waals surface area contributed by atoms with E-state index in [-0.39, 0.29) is 18.2 Å². The second kappa shape index (κ2) is 7.58. The Labute approximate surface area is 135 Å². The molecule has 0 fully saturated rings. The molecular weight excluding hydrogens is 292 g/mol. The van der Waals surface area contributed by atoms with Gasteiger partial charge >= 0.3 is 0 Å². The number of carbonyl (C=O) groups excluding carboxylic acids is 2. The number of anilines is 1. The minimum atomic E-state index is -0.149. The Bertz CT molecular complexity index is 706. The topological polar surface area (TPSA) is 76.0 Å². The molecule has 0 unspecified atom stereocenters. The molecular formula is C17H22N4O2. The van der Waals surface area contributed by atoms with E-state index >= 15 is 0 Å². The van der Waals surface area contributed by atoms with E-state index in [0.717, 1.165) is 11.3 Å². The fraction of sp³-hybridized carbons (Fsp3) is 0.353. The van der Waals surface area contributed by atoms with Gasteiger partial charge < -0.3 is 10.6 Å². The molecule has 1 heterocycles. The van der Waals surface area contributed by atoms with Gasteiger partial charge in [0.05, 0.1) is 12.2 Å². The monoisotopic (exact) mass is 314 g/mol. The Morgan fingerprint density at radius 2 is 2.00 bits per heavy atom. The molecule has 2 amide bonds. The average molecular weight is 314 g/mol. The van der Waals surface area contributed by atoms with Crippen LogP contribution in [0.5, 0.6) is 0 Å². The third-order valence-corrected chi connectivity index (χ3v) is 3.31. The first-order valence-electron chi connectivity index (χ1n) is 7.58. The molecule has 23 heavy (non-hydrogen) atoms. The molecule has 2 aromatic rings. The smallest absolute Gasteiger partial charge is 0.227 e. The van der Waals surface area contributed by atoms with Crippen molar-refractivity contribution in [3.8, 4) is 0 Å². The number of hydrogen-bond acceptors (Lipinski definition) is 3. The van der Waals surface area contributed by atoms with Gasteiger partial charge in [-0.3, -0.25) is 9.59 Å². The first kappa shape index (κ1) is 16.7. The zero-order chi connectivity index (χ0) is 16.8. The quantitative estimate of drug-likeness (QED) is 0.856. The van der Waals surface area contributed by atoms with Crippen molar-refractivity contribution >= 4 is 17.6 Å². The minimum Gasteiger partial charge on any atom is -0.356 e. The normalized spacial score (nSPS) is 10.4. The van der Waals surface area contributed by atoms with Gasteiger partial charge in [0.2, 0.25) is 11.8 Å². The number of nitrogens with zero attached hydrogens (tertiary/aromatic N) is 2.